The van der Waals surface area contributed by atoms with Crippen LogP contribution in [0, 0.1) is 25.2 Å². The van der Waals surface area contributed by atoms with E-state index >= 15 is 0 Å². The minimum absolute atomic E-state index is 0.0781. The van der Waals surface area contributed by atoms with Crippen molar-refractivity contribution in [3.05, 3.63) is 23.0 Å². The summed E-state index contributed by atoms with van der Waals surface area (Å²) in [6, 6.07) is 3.96. The predicted octanol–water partition coefficient (Wildman–Crippen LogP) is 1.59. The van der Waals surface area contributed by atoms with Crippen LogP contribution in [0.4, 0.5) is 5.69 Å². The molecule has 0 aliphatic carbocycles. The third-order valence-corrected chi connectivity index (χ3v) is 2.95. The number of carbonyl (C=O) groups is 1. The number of anilines is 1. The molecular weight excluding hydrogens is 270 g/mol. The van der Waals surface area contributed by atoms with E-state index < -0.39 is 0 Å². The zero-order valence-corrected chi connectivity index (χ0v) is 13.0. The highest BCUT2D eigenvalue weighted by atomic mass is 16.5. The standard InChI is InChI=1S/C15H21N3O3/c1-5-21-15(19)10-18(6-7-20-4)14-8-11(2)17-12(3)13(14)9-16/h8H,5-7,10H2,1-4H3. The maximum Gasteiger partial charge on any atom is 0.325 e. The van der Waals surface area contributed by atoms with Crippen LogP contribution in [0.5, 0.6) is 0 Å². The van der Waals surface area contributed by atoms with Gasteiger partial charge in [-0.25, -0.2) is 0 Å². The van der Waals surface area contributed by atoms with Gasteiger partial charge in [-0.2, -0.15) is 5.26 Å². The van der Waals surface area contributed by atoms with Crippen LogP contribution in [0.2, 0.25) is 0 Å². The Balaban J connectivity index is 3.13. The first-order valence-corrected chi connectivity index (χ1v) is 6.81. The van der Waals surface area contributed by atoms with Gasteiger partial charge in [-0.05, 0) is 26.8 Å². The number of nitriles is 1. The second-order valence-corrected chi connectivity index (χ2v) is 4.57. The normalized spacial score (nSPS) is 10.0. The van der Waals surface area contributed by atoms with E-state index in [4.69, 9.17) is 9.47 Å². The highest BCUT2D eigenvalue weighted by Gasteiger charge is 2.18. The van der Waals surface area contributed by atoms with Crippen LogP contribution in [-0.2, 0) is 14.3 Å². The zero-order chi connectivity index (χ0) is 15.8. The summed E-state index contributed by atoms with van der Waals surface area (Å²) in [7, 11) is 1.59. The van der Waals surface area contributed by atoms with Gasteiger partial charge in [-0.15, -0.1) is 0 Å². The molecule has 0 saturated carbocycles. The van der Waals surface area contributed by atoms with E-state index in [-0.39, 0.29) is 12.5 Å². The number of carbonyl (C=O) groups excluding carboxylic acids is 1. The smallest absolute Gasteiger partial charge is 0.325 e. The van der Waals surface area contributed by atoms with Crippen molar-refractivity contribution < 1.29 is 14.3 Å². The lowest BCUT2D eigenvalue weighted by Gasteiger charge is -2.25. The van der Waals surface area contributed by atoms with E-state index in [0.717, 1.165) is 5.69 Å². The Morgan fingerprint density at radius 1 is 1.48 bits per heavy atom. The van der Waals surface area contributed by atoms with E-state index in [1.165, 1.54) is 0 Å². The van der Waals surface area contributed by atoms with Gasteiger partial charge in [0, 0.05) is 19.3 Å². The fraction of sp³-hybridized carbons (Fsp3) is 0.533. The third kappa shape index (κ3) is 4.72. The van der Waals surface area contributed by atoms with Gasteiger partial charge in [0.2, 0.25) is 0 Å². The fourth-order valence-corrected chi connectivity index (χ4v) is 2.04. The molecule has 0 atom stereocenters. The van der Waals surface area contributed by atoms with E-state index in [0.29, 0.717) is 36.7 Å². The number of hydrogen-bond acceptors (Lipinski definition) is 6. The minimum atomic E-state index is -0.329. The fourth-order valence-electron chi connectivity index (χ4n) is 2.04. The molecule has 1 aromatic heterocycles. The van der Waals surface area contributed by atoms with Gasteiger partial charge in [-0.1, -0.05) is 0 Å². The Bertz CT molecular complexity index is 538. The maximum absolute atomic E-state index is 11.8. The number of esters is 1. The SMILES string of the molecule is CCOC(=O)CN(CCOC)c1cc(C)nc(C)c1C#N. The number of methoxy groups -OCH3 is 1. The van der Waals surface area contributed by atoms with Crippen LogP contribution in [0.25, 0.3) is 0 Å². The summed E-state index contributed by atoms with van der Waals surface area (Å²) in [6.07, 6.45) is 0. The van der Waals surface area contributed by atoms with Crippen molar-refractivity contribution in [2.24, 2.45) is 0 Å². The lowest BCUT2D eigenvalue weighted by atomic mass is 10.1. The topological polar surface area (TPSA) is 75.4 Å². The molecule has 0 N–H and O–H groups in total. The molecule has 0 saturated heterocycles. The average Bonchev–Trinajstić information content (AvgIpc) is 2.43. The highest BCUT2D eigenvalue weighted by molar-refractivity contribution is 5.77. The van der Waals surface area contributed by atoms with Gasteiger partial charge < -0.3 is 14.4 Å². The molecule has 1 rings (SSSR count). The Kier molecular flexibility index (Phi) is 6.63. The second kappa shape index (κ2) is 8.22. The first kappa shape index (κ1) is 16.9. The number of aromatic nitrogens is 1. The van der Waals surface area contributed by atoms with Crippen molar-refractivity contribution >= 4 is 11.7 Å². The van der Waals surface area contributed by atoms with Crippen LogP contribution >= 0.6 is 0 Å². The summed E-state index contributed by atoms with van der Waals surface area (Å²) < 4.78 is 10.1. The predicted molar refractivity (Wildman–Crippen MR) is 79.1 cm³/mol. The maximum atomic E-state index is 11.8. The second-order valence-electron chi connectivity index (χ2n) is 4.57. The summed E-state index contributed by atoms with van der Waals surface area (Å²) in [4.78, 5) is 17.8. The van der Waals surface area contributed by atoms with Crippen LogP contribution in [-0.4, -0.2) is 44.4 Å². The van der Waals surface area contributed by atoms with Crippen molar-refractivity contribution in [1.29, 1.82) is 5.26 Å². The van der Waals surface area contributed by atoms with Gasteiger partial charge in [0.05, 0.1) is 30.2 Å². The molecule has 0 aliphatic heterocycles. The van der Waals surface area contributed by atoms with Crippen LogP contribution in [0.1, 0.15) is 23.9 Å². The zero-order valence-electron chi connectivity index (χ0n) is 13.0. The molecule has 0 aliphatic rings. The van der Waals surface area contributed by atoms with Gasteiger partial charge in [0.25, 0.3) is 0 Å². The van der Waals surface area contributed by atoms with Crippen LogP contribution < -0.4 is 4.90 Å². The van der Waals surface area contributed by atoms with E-state index in [1.54, 1.807) is 31.9 Å². The quantitative estimate of drug-likeness (QED) is 0.710. The number of ether oxygens (including phenoxy) is 2. The minimum Gasteiger partial charge on any atom is -0.465 e. The Morgan fingerprint density at radius 3 is 2.76 bits per heavy atom. The molecule has 6 nitrogen and oxygen atoms in total. The average molecular weight is 291 g/mol. The Hall–Kier alpha value is -2.13. The molecule has 0 bridgehead atoms. The summed E-state index contributed by atoms with van der Waals surface area (Å²) in [5.74, 6) is -0.329. The molecule has 6 heteroatoms. The van der Waals surface area contributed by atoms with E-state index in [9.17, 15) is 10.1 Å². The van der Waals surface area contributed by atoms with Crippen LogP contribution in [0.3, 0.4) is 0 Å². The summed E-state index contributed by atoms with van der Waals surface area (Å²) >= 11 is 0. The van der Waals surface area contributed by atoms with Crippen LogP contribution in [0.15, 0.2) is 6.07 Å². The molecule has 0 aromatic carbocycles. The van der Waals surface area contributed by atoms with Crippen molar-refractivity contribution in [3.8, 4) is 6.07 Å². The monoisotopic (exact) mass is 291 g/mol. The first-order chi connectivity index (χ1) is 10.0. The number of aryl methyl sites for hydroxylation is 2. The number of pyridine rings is 1. The molecular formula is C15H21N3O3. The molecule has 0 spiro atoms. The highest BCUT2D eigenvalue weighted by Crippen LogP contribution is 2.23. The third-order valence-electron chi connectivity index (χ3n) is 2.95. The Labute approximate surface area is 125 Å². The first-order valence-electron chi connectivity index (χ1n) is 6.81. The number of hydrogen-bond donors (Lipinski definition) is 0. The summed E-state index contributed by atoms with van der Waals surface area (Å²) in [5, 5.41) is 9.34. The van der Waals surface area contributed by atoms with E-state index in [1.807, 2.05) is 6.92 Å². The number of nitrogens with zero attached hydrogens (tertiary/aromatic N) is 3. The lowest BCUT2D eigenvalue weighted by molar-refractivity contribution is -0.141. The summed E-state index contributed by atoms with van der Waals surface area (Å²) in [6.45, 7) is 6.76. The van der Waals surface area contributed by atoms with Crippen molar-refractivity contribution in [1.82, 2.24) is 4.98 Å². The van der Waals surface area contributed by atoms with Crippen molar-refractivity contribution in [2.45, 2.75) is 20.8 Å². The van der Waals surface area contributed by atoms with Crippen molar-refractivity contribution in [2.75, 3.05) is 38.3 Å². The van der Waals surface area contributed by atoms with Gasteiger partial charge in [0.1, 0.15) is 12.6 Å². The molecule has 0 unspecified atom stereocenters. The lowest BCUT2D eigenvalue weighted by Crippen LogP contribution is -2.34. The number of rotatable bonds is 7. The summed E-state index contributed by atoms with van der Waals surface area (Å²) in [5.41, 5.74) is 2.61. The molecule has 1 aromatic rings. The molecule has 0 fully saturated rings. The molecule has 1 heterocycles. The van der Waals surface area contributed by atoms with E-state index in [2.05, 4.69) is 11.1 Å². The van der Waals surface area contributed by atoms with Gasteiger partial charge in [-0.3, -0.25) is 9.78 Å². The molecule has 21 heavy (non-hydrogen) atoms. The molecule has 0 amide bonds. The van der Waals surface area contributed by atoms with Gasteiger partial charge in [0.15, 0.2) is 0 Å². The van der Waals surface area contributed by atoms with Crippen molar-refractivity contribution in [3.63, 3.8) is 0 Å². The van der Waals surface area contributed by atoms with Gasteiger partial charge >= 0.3 is 5.97 Å². The molecule has 114 valence electrons. The Morgan fingerprint density at radius 2 is 2.19 bits per heavy atom. The largest absolute Gasteiger partial charge is 0.465 e. The molecule has 0 radical (unpaired) electrons.